The fraction of sp³-hybridized carbons (Fsp3) is 0.278. The molecule has 3 nitrogen and oxygen atoms in total. The second kappa shape index (κ2) is 10.1. The van der Waals surface area contributed by atoms with Gasteiger partial charge in [-0.15, -0.1) is 0 Å². The van der Waals surface area contributed by atoms with Crippen molar-refractivity contribution in [3.63, 3.8) is 0 Å². The standard InChI is InChI=1S/C18H18F3O3P.Li.H/c1-3-24-25(18(19,20)21)15-10-8-14(9-11-15)23-12-17(22)16-7-5-4-6-13(16)2;;/h4-11H,3,12H2,1-2H3;;. The average molecular weight is 378 g/mol. The molecule has 1 atom stereocenters. The summed E-state index contributed by atoms with van der Waals surface area (Å²) in [4.78, 5) is 12.1. The number of rotatable bonds is 7. The van der Waals surface area contributed by atoms with Crippen molar-refractivity contribution in [2.75, 3.05) is 13.2 Å². The number of benzene rings is 2. The maximum absolute atomic E-state index is 13.0. The van der Waals surface area contributed by atoms with Crippen molar-refractivity contribution in [1.29, 1.82) is 0 Å². The van der Waals surface area contributed by atoms with Crippen LogP contribution in [0.3, 0.4) is 0 Å². The van der Waals surface area contributed by atoms with Gasteiger partial charge in [0.05, 0.1) is 0 Å². The number of carbonyl (C=O) groups excluding carboxylic acids is 1. The van der Waals surface area contributed by atoms with Gasteiger partial charge >= 0.3 is 24.8 Å². The van der Waals surface area contributed by atoms with Gasteiger partial charge in [0.15, 0.2) is 20.5 Å². The number of Topliss-reactive ketones (excluding diaryl/α,β-unsaturated/α-hetero) is 1. The molecule has 2 rings (SSSR count). The first-order valence-electron chi connectivity index (χ1n) is 7.64. The van der Waals surface area contributed by atoms with Crippen molar-refractivity contribution >= 4 is 38.1 Å². The van der Waals surface area contributed by atoms with E-state index in [0.717, 1.165) is 5.56 Å². The molecule has 2 aromatic carbocycles. The molecule has 0 saturated heterocycles. The van der Waals surface area contributed by atoms with Crippen LogP contribution in [0.1, 0.15) is 22.8 Å². The van der Waals surface area contributed by atoms with Crippen LogP contribution in [0.2, 0.25) is 0 Å². The molecule has 0 aliphatic heterocycles. The van der Waals surface area contributed by atoms with Gasteiger partial charge in [0.1, 0.15) is 5.75 Å². The molecule has 0 heterocycles. The Hall–Kier alpha value is -1.31. The molecule has 1 unspecified atom stereocenters. The van der Waals surface area contributed by atoms with Gasteiger partial charge in [0.25, 0.3) is 0 Å². The topological polar surface area (TPSA) is 35.5 Å². The Morgan fingerprint density at radius 2 is 1.69 bits per heavy atom. The summed E-state index contributed by atoms with van der Waals surface area (Å²) in [5.41, 5.74) is 1.41. The number of carbonyl (C=O) groups is 1. The Bertz CT molecular complexity index is 720. The van der Waals surface area contributed by atoms with Crippen LogP contribution in [0.25, 0.3) is 0 Å². The third-order valence-corrected chi connectivity index (χ3v) is 5.12. The molecule has 8 heteroatoms. The molecule has 0 aliphatic rings. The summed E-state index contributed by atoms with van der Waals surface area (Å²) in [5.74, 6) is -4.28. The molecule has 0 aromatic heterocycles. The molecule has 0 fully saturated rings. The molecule has 0 amide bonds. The van der Waals surface area contributed by atoms with Gasteiger partial charge in [-0.05, 0) is 43.7 Å². The number of hydrogen-bond donors (Lipinski definition) is 0. The first-order chi connectivity index (χ1) is 11.8. The van der Waals surface area contributed by atoms with Gasteiger partial charge in [0, 0.05) is 17.5 Å². The first-order valence-corrected chi connectivity index (χ1v) is 8.90. The Kier molecular flexibility index (Phi) is 8.86. The zero-order valence-corrected chi connectivity index (χ0v) is 14.7. The number of ketones is 1. The zero-order valence-electron chi connectivity index (χ0n) is 13.8. The minimum absolute atomic E-state index is 0. The van der Waals surface area contributed by atoms with Crippen molar-refractivity contribution in [3.8, 4) is 5.75 Å². The van der Waals surface area contributed by atoms with Crippen LogP contribution in [-0.2, 0) is 4.52 Å². The predicted molar refractivity (Wildman–Crippen MR) is 98.8 cm³/mol. The molecule has 0 radical (unpaired) electrons. The van der Waals surface area contributed by atoms with Crippen LogP contribution < -0.4 is 10.0 Å². The summed E-state index contributed by atoms with van der Waals surface area (Å²) in [7, 11) is -2.69. The molecule has 26 heavy (non-hydrogen) atoms. The van der Waals surface area contributed by atoms with Gasteiger partial charge < -0.3 is 9.26 Å². The SMILES string of the molecule is CCOP(c1ccc(OCC(=O)c2ccccc2C)cc1)C(F)(F)F.[LiH]. The molecule has 0 spiro atoms. The predicted octanol–water partition coefficient (Wildman–Crippen LogP) is 4.19. The Labute approximate surface area is 163 Å². The zero-order chi connectivity index (χ0) is 18.4. The van der Waals surface area contributed by atoms with E-state index in [9.17, 15) is 18.0 Å². The second-order valence-electron chi connectivity index (χ2n) is 5.20. The van der Waals surface area contributed by atoms with Crippen LogP contribution in [0.5, 0.6) is 5.75 Å². The van der Waals surface area contributed by atoms with Crippen LogP contribution in [0.15, 0.2) is 48.5 Å². The third kappa shape index (κ3) is 6.14. The van der Waals surface area contributed by atoms with Crippen molar-refractivity contribution in [3.05, 3.63) is 59.7 Å². The van der Waals surface area contributed by atoms with Gasteiger partial charge in [-0.1, -0.05) is 24.3 Å². The molecule has 0 N–H and O–H groups in total. The van der Waals surface area contributed by atoms with Crippen LogP contribution in [0, 0.1) is 6.92 Å². The van der Waals surface area contributed by atoms with E-state index in [0.29, 0.717) is 11.3 Å². The monoisotopic (exact) mass is 378 g/mol. The summed E-state index contributed by atoms with van der Waals surface area (Å²) in [5, 5.41) is 0.0573. The van der Waals surface area contributed by atoms with E-state index in [1.807, 2.05) is 19.1 Å². The molecule has 0 bridgehead atoms. The van der Waals surface area contributed by atoms with Gasteiger partial charge in [-0.3, -0.25) is 4.79 Å². The Balaban J connectivity index is 0.00000338. The van der Waals surface area contributed by atoms with Crippen LogP contribution in [-0.4, -0.2) is 43.8 Å². The van der Waals surface area contributed by atoms with Gasteiger partial charge in [-0.25, -0.2) is 0 Å². The molecular weight excluding hydrogens is 359 g/mol. The fourth-order valence-electron chi connectivity index (χ4n) is 2.21. The molecular formula is C18H19F3LiO3P. The van der Waals surface area contributed by atoms with E-state index >= 15 is 0 Å². The van der Waals surface area contributed by atoms with E-state index in [4.69, 9.17) is 9.26 Å². The Morgan fingerprint density at radius 3 is 2.23 bits per heavy atom. The number of aryl methyl sites for hydroxylation is 1. The summed E-state index contributed by atoms with van der Waals surface area (Å²) in [6, 6.07) is 12.6. The molecule has 0 aliphatic carbocycles. The molecule has 2 aromatic rings. The minimum atomic E-state index is -4.42. The quantitative estimate of drug-likeness (QED) is 0.412. The number of halogens is 3. The maximum atomic E-state index is 13.0. The Morgan fingerprint density at radius 1 is 1.08 bits per heavy atom. The number of hydrogen-bond acceptors (Lipinski definition) is 3. The number of ether oxygens (including phenoxy) is 1. The fourth-order valence-corrected chi connectivity index (χ4v) is 3.48. The van der Waals surface area contributed by atoms with Gasteiger partial charge in [-0.2, -0.15) is 13.2 Å². The summed E-state index contributed by atoms with van der Waals surface area (Å²) >= 11 is 0. The van der Waals surface area contributed by atoms with E-state index in [1.165, 1.54) is 31.2 Å². The number of alkyl halides is 3. The first kappa shape index (κ1) is 22.7. The van der Waals surface area contributed by atoms with Gasteiger partial charge in [0.2, 0.25) is 0 Å². The average Bonchev–Trinajstić information content (AvgIpc) is 2.57. The van der Waals surface area contributed by atoms with E-state index in [-0.39, 0.29) is 43.2 Å². The summed E-state index contributed by atoms with van der Waals surface area (Å²) in [6.07, 6.45) is 0. The molecule has 0 saturated carbocycles. The van der Waals surface area contributed by atoms with E-state index in [1.54, 1.807) is 12.1 Å². The third-order valence-electron chi connectivity index (χ3n) is 3.38. The second-order valence-corrected chi connectivity index (χ2v) is 7.07. The van der Waals surface area contributed by atoms with Crippen LogP contribution >= 0.6 is 8.15 Å². The summed E-state index contributed by atoms with van der Waals surface area (Å²) < 4.78 is 49.2. The van der Waals surface area contributed by atoms with Crippen molar-refractivity contribution in [2.24, 2.45) is 0 Å². The van der Waals surface area contributed by atoms with Crippen molar-refractivity contribution in [2.45, 2.75) is 19.8 Å². The van der Waals surface area contributed by atoms with E-state index < -0.39 is 14.1 Å². The summed E-state index contributed by atoms with van der Waals surface area (Å²) in [6.45, 7) is 3.16. The van der Waals surface area contributed by atoms with Crippen molar-refractivity contribution in [1.82, 2.24) is 0 Å². The normalized spacial score (nSPS) is 12.2. The van der Waals surface area contributed by atoms with Crippen molar-refractivity contribution < 1.29 is 27.2 Å². The van der Waals surface area contributed by atoms with E-state index in [2.05, 4.69) is 0 Å². The van der Waals surface area contributed by atoms with Crippen LogP contribution in [0.4, 0.5) is 13.2 Å². The molecule has 136 valence electrons.